The Kier molecular flexibility index (Phi) is 10.2. The topological polar surface area (TPSA) is 89.9 Å². The third kappa shape index (κ3) is 7.43. The molecule has 1 amide bonds. The molecule has 1 N–H and O–H groups in total. The van der Waals surface area contributed by atoms with E-state index in [9.17, 15) is 31.9 Å². The van der Waals surface area contributed by atoms with E-state index < -0.39 is 71.0 Å². The van der Waals surface area contributed by atoms with Gasteiger partial charge in [-0.25, -0.2) is 13.2 Å². The highest BCUT2D eigenvalue weighted by atomic mass is 19.4. The van der Waals surface area contributed by atoms with Gasteiger partial charge in [0.15, 0.2) is 0 Å². The highest BCUT2D eigenvalue weighted by molar-refractivity contribution is 5.85. The third-order valence-corrected chi connectivity index (χ3v) is 9.27. The van der Waals surface area contributed by atoms with E-state index in [2.05, 4.69) is 5.32 Å². The molecular weight excluding hydrogens is 692 g/mol. The number of aryl methyl sites for hydroxylation is 2. The fourth-order valence-electron chi connectivity index (χ4n) is 6.73. The Labute approximate surface area is 295 Å². The van der Waals surface area contributed by atoms with Gasteiger partial charge < -0.3 is 14.8 Å². The first-order valence-electron chi connectivity index (χ1n) is 16.7. The molecule has 1 aromatic heterocycles. The van der Waals surface area contributed by atoms with Crippen LogP contribution in [0.1, 0.15) is 58.8 Å². The maximum Gasteiger partial charge on any atom is 0.416 e. The molecule has 52 heavy (non-hydrogen) atoms. The van der Waals surface area contributed by atoms with Gasteiger partial charge in [-0.1, -0.05) is 12.1 Å². The predicted molar refractivity (Wildman–Crippen MR) is 179 cm³/mol. The van der Waals surface area contributed by atoms with E-state index in [0.717, 1.165) is 23.9 Å². The van der Waals surface area contributed by atoms with E-state index in [1.807, 2.05) is 0 Å². The van der Waals surface area contributed by atoms with Gasteiger partial charge in [0, 0.05) is 48.6 Å². The van der Waals surface area contributed by atoms with Crippen LogP contribution in [0.3, 0.4) is 0 Å². The molecule has 0 radical (unpaired) electrons. The van der Waals surface area contributed by atoms with Crippen molar-refractivity contribution in [3.05, 3.63) is 116 Å². The fourth-order valence-corrected chi connectivity index (χ4v) is 6.73. The van der Waals surface area contributed by atoms with Crippen LogP contribution in [0, 0.1) is 25.5 Å². The van der Waals surface area contributed by atoms with Crippen LogP contribution in [0.15, 0.2) is 65.6 Å². The Morgan fingerprint density at radius 1 is 1.00 bits per heavy atom. The normalized spacial score (nSPS) is 17.8. The van der Waals surface area contributed by atoms with Crippen molar-refractivity contribution in [3.63, 3.8) is 0 Å². The number of ether oxygens (including phenoxy) is 2. The van der Waals surface area contributed by atoms with E-state index in [-0.39, 0.29) is 60.9 Å². The zero-order valence-electron chi connectivity index (χ0n) is 28.5. The molecule has 6 rings (SSSR count). The molecule has 274 valence electrons. The molecule has 3 aromatic carbocycles. The number of rotatable bonds is 7. The second-order valence-electron chi connectivity index (χ2n) is 13.0. The van der Waals surface area contributed by atoms with Crippen LogP contribution >= 0.6 is 0 Å². The molecule has 2 atom stereocenters. The lowest BCUT2D eigenvalue weighted by atomic mass is 9.92. The number of aromatic nitrogens is 1. The summed E-state index contributed by atoms with van der Waals surface area (Å²) in [4.78, 5) is 42.5. The van der Waals surface area contributed by atoms with Crippen LogP contribution in [0.25, 0.3) is 11.1 Å². The number of carbonyl (C=O) groups excluding carboxylic acids is 2. The Balaban J connectivity index is 1.58. The molecular formula is C38H35F6N3O5. The second kappa shape index (κ2) is 14.5. The minimum absolute atomic E-state index is 0.0195. The molecule has 4 aromatic rings. The second-order valence-corrected chi connectivity index (χ2v) is 13.0. The molecule has 1 saturated heterocycles. The summed E-state index contributed by atoms with van der Waals surface area (Å²) in [6.45, 7) is 4.92. The average Bonchev–Trinajstić information content (AvgIpc) is 3.06. The third-order valence-electron chi connectivity index (χ3n) is 9.27. The monoisotopic (exact) mass is 727 g/mol. The number of fused-ring (bicyclic) bond motifs is 6. The zero-order chi connectivity index (χ0) is 37.5. The van der Waals surface area contributed by atoms with Gasteiger partial charge in [0.05, 0.1) is 24.6 Å². The maximum absolute atomic E-state index is 16.1. The molecule has 1 fully saturated rings. The number of nitrogens with zero attached hydrogens (tertiary/aromatic N) is 2. The highest BCUT2D eigenvalue weighted by Crippen LogP contribution is 2.41. The van der Waals surface area contributed by atoms with Crippen LogP contribution in [0.4, 0.5) is 26.3 Å². The lowest BCUT2D eigenvalue weighted by molar-refractivity contribution is -0.144. The van der Waals surface area contributed by atoms with Crippen molar-refractivity contribution in [2.24, 2.45) is 0 Å². The first kappa shape index (κ1) is 36.7. The van der Waals surface area contributed by atoms with Gasteiger partial charge in [0.25, 0.3) is 5.56 Å². The Morgan fingerprint density at radius 3 is 2.44 bits per heavy atom. The van der Waals surface area contributed by atoms with Crippen molar-refractivity contribution < 1.29 is 45.4 Å². The highest BCUT2D eigenvalue weighted by Gasteiger charge is 2.38. The molecule has 0 aliphatic carbocycles. The van der Waals surface area contributed by atoms with Crippen LogP contribution in [-0.4, -0.2) is 53.8 Å². The number of nitrogens with one attached hydrogen (secondary N) is 1. The van der Waals surface area contributed by atoms with E-state index >= 15 is 8.78 Å². The summed E-state index contributed by atoms with van der Waals surface area (Å²) in [6.07, 6.45) is -6.08. The molecule has 14 heteroatoms. The van der Waals surface area contributed by atoms with Gasteiger partial charge in [-0.15, -0.1) is 0 Å². The van der Waals surface area contributed by atoms with Gasteiger partial charge in [0.1, 0.15) is 35.3 Å². The van der Waals surface area contributed by atoms with E-state index in [0.29, 0.717) is 21.8 Å². The van der Waals surface area contributed by atoms with Gasteiger partial charge in [-0.3, -0.25) is 23.9 Å². The summed E-state index contributed by atoms with van der Waals surface area (Å²) in [5.74, 6) is -3.39. The summed E-state index contributed by atoms with van der Waals surface area (Å²) in [5.41, 5.74) is -1.60. The molecule has 2 aliphatic rings. The number of amides is 1. The van der Waals surface area contributed by atoms with Gasteiger partial charge >= 0.3 is 12.1 Å². The SMILES string of the molecule is CCOC(=O)C[C@@H]1NC(=O)[C@@H](n2cc(CCN3CC(F)C3)c(C(F)(F)F)cc2=O)c2cc(ccc2F)Oc2cccc(C)c2-c2cc(C)c(F)c1c2. The molecule has 3 heterocycles. The molecule has 8 nitrogen and oxygen atoms in total. The van der Waals surface area contributed by atoms with Crippen molar-refractivity contribution in [2.75, 3.05) is 26.2 Å². The first-order valence-corrected chi connectivity index (χ1v) is 16.7. The van der Waals surface area contributed by atoms with E-state index in [1.54, 1.807) is 43.0 Å². The predicted octanol–water partition coefficient (Wildman–Crippen LogP) is 7.13. The summed E-state index contributed by atoms with van der Waals surface area (Å²) in [7, 11) is 0. The van der Waals surface area contributed by atoms with Crippen molar-refractivity contribution in [3.8, 4) is 22.6 Å². The molecule has 2 aliphatic heterocycles. The Hall–Kier alpha value is -5.11. The van der Waals surface area contributed by atoms with Crippen LogP contribution in [0.5, 0.6) is 11.5 Å². The number of hydrogen-bond acceptors (Lipinski definition) is 6. The summed E-state index contributed by atoms with van der Waals surface area (Å²) < 4.78 is 100. The number of likely N-dealkylation sites (tertiary alicyclic amines) is 1. The molecule has 4 bridgehead atoms. The molecule has 0 unspecified atom stereocenters. The minimum Gasteiger partial charge on any atom is -0.466 e. The number of benzene rings is 3. The lowest BCUT2D eigenvalue weighted by Crippen LogP contribution is -2.49. The van der Waals surface area contributed by atoms with Crippen LogP contribution in [-0.2, 0) is 26.9 Å². The summed E-state index contributed by atoms with van der Waals surface area (Å²) in [5, 5.41) is 2.59. The number of carbonyl (C=O) groups is 2. The van der Waals surface area contributed by atoms with Crippen molar-refractivity contribution in [1.29, 1.82) is 0 Å². The number of pyridine rings is 1. The van der Waals surface area contributed by atoms with Gasteiger partial charge in [-0.05, 0) is 85.8 Å². The van der Waals surface area contributed by atoms with Crippen molar-refractivity contribution in [1.82, 2.24) is 14.8 Å². The van der Waals surface area contributed by atoms with Crippen LogP contribution < -0.4 is 15.6 Å². The minimum atomic E-state index is -4.96. The molecule has 0 saturated carbocycles. The zero-order valence-corrected chi connectivity index (χ0v) is 28.5. The fraction of sp³-hybridized carbons (Fsp3) is 0.342. The number of esters is 1. The van der Waals surface area contributed by atoms with E-state index in [4.69, 9.17) is 9.47 Å². The van der Waals surface area contributed by atoms with Crippen molar-refractivity contribution >= 4 is 11.9 Å². The lowest BCUT2D eigenvalue weighted by Gasteiger charge is -2.34. The van der Waals surface area contributed by atoms with Crippen molar-refractivity contribution in [2.45, 2.75) is 58.0 Å². The Morgan fingerprint density at radius 2 is 1.75 bits per heavy atom. The number of halogens is 6. The van der Waals surface area contributed by atoms with Crippen LogP contribution in [0.2, 0.25) is 0 Å². The smallest absolute Gasteiger partial charge is 0.416 e. The van der Waals surface area contributed by atoms with Gasteiger partial charge in [0.2, 0.25) is 5.91 Å². The number of hydrogen-bond donors (Lipinski definition) is 1. The van der Waals surface area contributed by atoms with Gasteiger partial charge in [-0.2, -0.15) is 13.2 Å². The number of alkyl halides is 4. The molecule has 0 spiro atoms. The Bertz CT molecular complexity index is 2090. The average molecular weight is 728 g/mol. The standard InChI is InChI=1S/C38H35F6N3O5/c1-4-51-33(49)16-30-27-13-23(12-21(3)35(27)41)34-20(2)6-5-7-31(34)52-25-8-9-29(40)26(14-25)36(37(50)45-30)47-17-22(10-11-46-18-24(39)19-46)28(15-32(47)48)38(42,43)44/h5-9,12-15,17,24,30,36H,4,10-11,16,18-19H2,1-3H3,(H,45,50)/t30-,36-/m0/s1. The summed E-state index contributed by atoms with van der Waals surface area (Å²) in [6, 6.07) is 8.55. The van der Waals surface area contributed by atoms with E-state index in [1.165, 1.54) is 19.1 Å². The summed E-state index contributed by atoms with van der Waals surface area (Å²) >= 11 is 0. The first-order chi connectivity index (χ1) is 24.6. The largest absolute Gasteiger partial charge is 0.466 e. The maximum atomic E-state index is 16.1. The quantitative estimate of drug-likeness (QED) is 0.161.